The van der Waals surface area contributed by atoms with E-state index in [-0.39, 0.29) is 11.4 Å². The summed E-state index contributed by atoms with van der Waals surface area (Å²) in [5.41, 5.74) is 3.98. The van der Waals surface area contributed by atoms with Crippen molar-refractivity contribution >= 4 is 16.6 Å². The summed E-state index contributed by atoms with van der Waals surface area (Å²) in [7, 11) is 0. The lowest BCUT2D eigenvalue weighted by Crippen LogP contribution is -2.49. The molecule has 192 valence electrons. The van der Waals surface area contributed by atoms with Crippen molar-refractivity contribution in [2.75, 3.05) is 31.1 Å². The third-order valence-corrected chi connectivity index (χ3v) is 7.17. The molecule has 9 heteroatoms. The van der Waals surface area contributed by atoms with Gasteiger partial charge in [0.15, 0.2) is 5.82 Å². The molecule has 8 nitrogen and oxygen atoms in total. The Kier molecular flexibility index (Phi) is 6.43. The summed E-state index contributed by atoms with van der Waals surface area (Å²) in [5.74, 6) is 0.372. The maximum Gasteiger partial charge on any atom is 0.253 e. The van der Waals surface area contributed by atoms with Gasteiger partial charge in [-0.15, -0.1) is 5.10 Å². The number of hydrogen-bond acceptors (Lipinski definition) is 6. The number of rotatable bonds is 6. The number of H-pyrrole nitrogens is 1. The predicted octanol–water partition coefficient (Wildman–Crippen LogP) is 3.92. The molecule has 38 heavy (non-hydrogen) atoms. The largest absolute Gasteiger partial charge is 0.367 e. The van der Waals surface area contributed by atoms with Crippen molar-refractivity contribution in [2.45, 2.75) is 19.5 Å². The lowest BCUT2D eigenvalue weighted by Gasteiger charge is -2.39. The first-order valence-corrected chi connectivity index (χ1v) is 12.7. The minimum Gasteiger partial charge on any atom is -0.367 e. The van der Waals surface area contributed by atoms with Gasteiger partial charge in [0.05, 0.1) is 12.2 Å². The minimum atomic E-state index is -0.467. The van der Waals surface area contributed by atoms with Crippen LogP contribution in [0.2, 0.25) is 0 Å². The van der Waals surface area contributed by atoms with Crippen LogP contribution in [0.15, 0.2) is 83.7 Å². The number of para-hydroxylation sites is 1. The highest BCUT2D eigenvalue weighted by Gasteiger charge is 2.33. The molecule has 1 unspecified atom stereocenters. The van der Waals surface area contributed by atoms with E-state index in [1.54, 1.807) is 16.8 Å². The standard InChI is InChI=1S/C29H28FN7O/c1-20-11-12-25-22(17-20)18-23(29(38)31-25)27(28-32-33-34-37(28)19-21-7-3-2-4-8-21)36-15-13-35(14-16-36)26-10-6-5-9-24(26)30/h2-12,17-18,27H,13-16,19H2,1H3,(H,31,38). The van der Waals surface area contributed by atoms with Crippen LogP contribution >= 0.6 is 0 Å². The number of hydrogen-bond donors (Lipinski definition) is 1. The molecule has 0 aliphatic carbocycles. The van der Waals surface area contributed by atoms with E-state index in [2.05, 4.69) is 31.5 Å². The molecular formula is C29H28FN7O. The molecule has 2 aromatic heterocycles. The summed E-state index contributed by atoms with van der Waals surface area (Å²) in [6.07, 6.45) is 0. The van der Waals surface area contributed by atoms with Gasteiger partial charge in [-0.05, 0) is 58.6 Å². The molecule has 0 saturated carbocycles. The van der Waals surface area contributed by atoms with Crippen LogP contribution in [0.25, 0.3) is 10.9 Å². The molecule has 5 aromatic rings. The first kappa shape index (κ1) is 24.0. The van der Waals surface area contributed by atoms with Gasteiger partial charge in [-0.1, -0.05) is 54.1 Å². The monoisotopic (exact) mass is 509 g/mol. The fourth-order valence-electron chi connectivity index (χ4n) is 5.25. The van der Waals surface area contributed by atoms with E-state index >= 15 is 0 Å². The van der Waals surface area contributed by atoms with Crippen molar-refractivity contribution in [2.24, 2.45) is 0 Å². The SMILES string of the molecule is Cc1ccc2[nH]c(=O)c(C(c3nnnn3Cc3ccccc3)N3CCN(c4ccccc4F)CC3)cc2c1. The van der Waals surface area contributed by atoms with Gasteiger partial charge in [-0.3, -0.25) is 9.69 Å². The van der Waals surface area contributed by atoms with Crippen molar-refractivity contribution in [1.29, 1.82) is 0 Å². The van der Waals surface area contributed by atoms with Crippen LogP contribution in [-0.2, 0) is 6.54 Å². The Bertz CT molecular complexity index is 1620. The zero-order valence-electron chi connectivity index (χ0n) is 21.1. The van der Waals surface area contributed by atoms with Gasteiger partial charge < -0.3 is 9.88 Å². The highest BCUT2D eigenvalue weighted by molar-refractivity contribution is 5.79. The van der Waals surface area contributed by atoms with Crippen LogP contribution in [-0.4, -0.2) is 56.3 Å². The van der Waals surface area contributed by atoms with E-state index in [4.69, 9.17) is 0 Å². The third kappa shape index (κ3) is 4.68. The van der Waals surface area contributed by atoms with Crippen LogP contribution < -0.4 is 10.5 Å². The molecular weight excluding hydrogens is 481 g/mol. The highest BCUT2D eigenvalue weighted by Crippen LogP contribution is 2.30. The van der Waals surface area contributed by atoms with Gasteiger partial charge in [0.2, 0.25) is 0 Å². The van der Waals surface area contributed by atoms with Gasteiger partial charge in [0, 0.05) is 37.3 Å². The summed E-state index contributed by atoms with van der Waals surface area (Å²) < 4.78 is 16.2. The fourth-order valence-corrected chi connectivity index (χ4v) is 5.25. The Morgan fingerprint density at radius 3 is 2.50 bits per heavy atom. The quantitative estimate of drug-likeness (QED) is 0.374. The maximum absolute atomic E-state index is 14.5. The molecule has 1 fully saturated rings. The molecule has 1 aliphatic heterocycles. The van der Waals surface area contributed by atoms with E-state index in [1.807, 2.05) is 66.4 Å². The van der Waals surface area contributed by atoms with Crippen molar-refractivity contribution in [3.63, 3.8) is 0 Å². The van der Waals surface area contributed by atoms with Crippen molar-refractivity contribution in [3.8, 4) is 0 Å². The van der Waals surface area contributed by atoms with E-state index in [0.717, 1.165) is 22.0 Å². The molecule has 1 aliphatic rings. The number of nitrogens with zero attached hydrogens (tertiary/aromatic N) is 6. The molecule has 1 atom stereocenters. The first-order valence-electron chi connectivity index (χ1n) is 12.7. The average Bonchev–Trinajstić information content (AvgIpc) is 3.38. The highest BCUT2D eigenvalue weighted by atomic mass is 19.1. The van der Waals surface area contributed by atoms with Crippen LogP contribution in [0.1, 0.15) is 28.6 Å². The second-order valence-corrected chi connectivity index (χ2v) is 9.70. The van der Waals surface area contributed by atoms with E-state index < -0.39 is 6.04 Å². The number of piperazine rings is 1. The van der Waals surface area contributed by atoms with Gasteiger partial charge in [0.1, 0.15) is 11.9 Å². The number of halogens is 1. The maximum atomic E-state index is 14.5. The molecule has 0 spiro atoms. The average molecular weight is 510 g/mol. The molecule has 6 rings (SSSR count). The Morgan fingerprint density at radius 2 is 1.71 bits per heavy atom. The number of pyridine rings is 1. The van der Waals surface area contributed by atoms with Crippen molar-refractivity contribution in [3.05, 3.63) is 118 Å². The van der Waals surface area contributed by atoms with Crippen LogP contribution in [0, 0.1) is 12.7 Å². The Morgan fingerprint density at radius 1 is 0.947 bits per heavy atom. The van der Waals surface area contributed by atoms with E-state index in [9.17, 15) is 9.18 Å². The number of aromatic nitrogens is 5. The van der Waals surface area contributed by atoms with Gasteiger partial charge >= 0.3 is 0 Å². The summed E-state index contributed by atoms with van der Waals surface area (Å²) in [6, 6.07) is 24.3. The van der Waals surface area contributed by atoms with Crippen LogP contribution in [0.4, 0.5) is 10.1 Å². The predicted molar refractivity (Wildman–Crippen MR) is 145 cm³/mol. The number of tetrazole rings is 1. The third-order valence-electron chi connectivity index (χ3n) is 7.17. The van der Waals surface area contributed by atoms with Crippen molar-refractivity contribution in [1.82, 2.24) is 30.1 Å². The van der Waals surface area contributed by atoms with Gasteiger partial charge in [-0.25, -0.2) is 9.07 Å². The zero-order chi connectivity index (χ0) is 26.1. The smallest absolute Gasteiger partial charge is 0.253 e. The second-order valence-electron chi connectivity index (χ2n) is 9.70. The number of aryl methyl sites for hydroxylation is 1. The summed E-state index contributed by atoms with van der Waals surface area (Å²) >= 11 is 0. The summed E-state index contributed by atoms with van der Waals surface area (Å²) in [6.45, 7) is 4.97. The minimum absolute atomic E-state index is 0.169. The molecule has 1 saturated heterocycles. The lowest BCUT2D eigenvalue weighted by molar-refractivity contribution is 0.200. The van der Waals surface area contributed by atoms with E-state index in [1.165, 1.54) is 6.07 Å². The first-order chi connectivity index (χ1) is 18.6. The molecule has 0 radical (unpaired) electrons. The number of nitrogens with one attached hydrogen (secondary N) is 1. The number of fused-ring (bicyclic) bond motifs is 1. The lowest BCUT2D eigenvalue weighted by atomic mass is 10.0. The topological polar surface area (TPSA) is 82.9 Å². The summed E-state index contributed by atoms with van der Waals surface area (Å²) in [5, 5.41) is 13.7. The van der Waals surface area contributed by atoms with E-state index in [0.29, 0.717) is 49.8 Å². The number of aromatic amines is 1. The number of anilines is 1. The Labute approximate surface area is 219 Å². The Balaban J connectivity index is 1.39. The molecule has 3 heterocycles. The molecule has 0 bridgehead atoms. The van der Waals surface area contributed by atoms with Crippen LogP contribution in [0.5, 0.6) is 0 Å². The number of benzene rings is 3. The van der Waals surface area contributed by atoms with Gasteiger partial charge in [-0.2, -0.15) is 0 Å². The summed E-state index contributed by atoms with van der Waals surface area (Å²) in [4.78, 5) is 20.8. The molecule has 1 N–H and O–H groups in total. The molecule has 0 amide bonds. The normalized spacial score (nSPS) is 15.2. The van der Waals surface area contributed by atoms with Crippen LogP contribution in [0.3, 0.4) is 0 Å². The van der Waals surface area contributed by atoms with Gasteiger partial charge in [0.25, 0.3) is 5.56 Å². The molecule has 3 aromatic carbocycles. The Hall–Kier alpha value is -4.37. The second kappa shape index (κ2) is 10.2. The zero-order valence-corrected chi connectivity index (χ0v) is 21.1. The van der Waals surface area contributed by atoms with Crippen molar-refractivity contribution < 1.29 is 4.39 Å². The fraction of sp³-hybridized carbons (Fsp3) is 0.241.